The first-order valence-corrected chi connectivity index (χ1v) is 25.3. The molecule has 0 saturated carbocycles. The van der Waals surface area contributed by atoms with Gasteiger partial charge in [0, 0.05) is 37.4 Å². The van der Waals surface area contributed by atoms with Gasteiger partial charge in [-0.05, 0) is 48.1 Å². The van der Waals surface area contributed by atoms with Crippen molar-refractivity contribution in [3.05, 3.63) is 107 Å². The molecule has 0 amide bonds. The molecule has 51 heavy (non-hydrogen) atoms. The van der Waals surface area contributed by atoms with Gasteiger partial charge in [0.25, 0.3) is 0 Å². The molecular formula is C45H55GeIrN3O-2. The number of hydrogen-bond donors (Lipinski definition) is 0. The van der Waals surface area contributed by atoms with E-state index in [1.807, 2.05) is 24.4 Å². The summed E-state index contributed by atoms with van der Waals surface area (Å²) in [5.41, 5.74) is 12.3. The van der Waals surface area contributed by atoms with Crippen molar-refractivity contribution in [3.63, 3.8) is 0 Å². The molecular weight excluding hydrogens is 863 g/mol. The molecule has 4 heterocycles. The summed E-state index contributed by atoms with van der Waals surface area (Å²) in [6, 6.07) is 25.6. The van der Waals surface area contributed by atoms with Crippen LogP contribution in [0.1, 0.15) is 89.3 Å². The van der Waals surface area contributed by atoms with Crippen LogP contribution in [0.2, 0.25) is 17.3 Å². The second kappa shape index (κ2) is 15.9. The Morgan fingerprint density at radius 2 is 1.37 bits per heavy atom. The number of aryl methyl sites for hydroxylation is 2. The van der Waals surface area contributed by atoms with Crippen LogP contribution >= 0.6 is 0 Å². The van der Waals surface area contributed by atoms with Crippen molar-refractivity contribution < 1.29 is 24.5 Å². The molecule has 0 fully saturated rings. The number of pyridine rings is 3. The maximum atomic E-state index is 6.22. The number of furan rings is 1. The maximum Gasteiger partial charge on any atom is 0.216 e. The fourth-order valence-corrected chi connectivity index (χ4v) is 9.68. The second-order valence-electron chi connectivity index (χ2n) is 17.7. The van der Waals surface area contributed by atoms with Gasteiger partial charge in [-0.3, -0.25) is 0 Å². The first-order chi connectivity index (χ1) is 23.3. The van der Waals surface area contributed by atoms with E-state index in [1.165, 1.54) is 26.6 Å². The quantitative estimate of drug-likeness (QED) is 0.123. The van der Waals surface area contributed by atoms with Crippen molar-refractivity contribution in [3.8, 4) is 22.5 Å². The fourth-order valence-electron chi connectivity index (χ4n) is 6.38. The fraction of sp³-hybridized carbons (Fsp3) is 0.400. The molecule has 2 aromatic carbocycles. The van der Waals surface area contributed by atoms with Gasteiger partial charge in [-0.1, -0.05) is 57.2 Å². The number of nitrogens with zero attached hydrogens (tertiary/aromatic N) is 3. The van der Waals surface area contributed by atoms with Gasteiger partial charge in [-0.25, -0.2) is 4.98 Å². The molecule has 6 aromatic rings. The maximum absolute atomic E-state index is 6.22. The van der Waals surface area contributed by atoms with Crippen LogP contribution in [0.3, 0.4) is 0 Å². The summed E-state index contributed by atoms with van der Waals surface area (Å²) < 4.78 is 7.75. The molecule has 1 radical (unpaired) electrons. The first kappa shape index (κ1) is 40.6. The number of rotatable bonds is 6. The Labute approximate surface area is 323 Å². The molecule has 0 N–H and O–H groups in total. The standard InChI is InChI=1S/C25H27N2O.C20H28GeN.Ir/c1-15(2)21-11-10-19-18-8-7-9-20(23(18)28-24(19)27-21)22-12-17(13-25(4,5)6)16(3)14-26-22;1-15-9-8-10-16(11-15)19-12-17(13-20(2,3)4)18(14-22-19)21(5,6)7;/h7-8,10-12,14-15H,13H2,1-6H3;8-9,11-12,14H,13H2,1-7H3;/q2*-1;. The van der Waals surface area contributed by atoms with Crippen LogP contribution in [0, 0.1) is 36.8 Å². The minimum atomic E-state index is -1.91. The molecule has 6 rings (SSSR count). The van der Waals surface area contributed by atoms with Crippen molar-refractivity contribution in [2.75, 3.05) is 0 Å². The van der Waals surface area contributed by atoms with Crippen molar-refractivity contribution in [2.24, 2.45) is 10.8 Å². The van der Waals surface area contributed by atoms with E-state index in [4.69, 9.17) is 19.4 Å². The monoisotopic (exact) mass is 920 g/mol. The summed E-state index contributed by atoms with van der Waals surface area (Å²) in [6.45, 7) is 22.2. The van der Waals surface area contributed by atoms with Gasteiger partial charge in [0.15, 0.2) is 0 Å². The van der Waals surface area contributed by atoms with E-state index in [0.717, 1.165) is 57.4 Å². The van der Waals surface area contributed by atoms with Crippen LogP contribution in [0.4, 0.5) is 0 Å². The molecule has 0 atom stereocenters. The third-order valence-electron chi connectivity index (χ3n) is 8.85. The molecule has 0 unspecified atom stereocenters. The Morgan fingerprint density at radius 3 is 2.00 bits per heavy atom. The molecule has 0 aliphatic carbocycles. The number of aromatic nitrogens is 3. The third-order valence-corrected chi connectivity index (χ3v) is 13.2. The van der Waals surface area contributed by atoms with Gasteiger partial charge in [-0.2, -0.15) is 0 Å². The van der Waals surface area contributed by atoms with Gasteiger partial charge in [-0.15, -0.1) is 18.2 Å². The molecule has 0 spiro atoms. The van der Waals surface area contributed by atoms with E-state index in [2.05, 4.69) is 141 Å². The zero-order chi connectivity index (χ0) is 36.6. The Kier molecular flexibility index (Phi) is 12.6. The topological polar surface area (TPSA) is 51.8 Å². The van der Waals surface area contributed by atoms with Crippen LogP contribution < -0.4 is 4.40 Å². The molecule has 4 nitrogen and oxygen atoms in total. The Bertz CT molecular complexity index is 2130. The van der Waals surface area contributed by atoms with Crippen LogP contribution in [0.25, 0.3) is 44.6 Å². The van der Waals surface area contributed by atoms with E-state index in [0.29, 0.717) is 11.6 Å². The van der Waals surface area contributed by atoms with E-state index >= 15 is 0 Å². The van der Waals surface area contributed by atoms with Crippen LogP contribution in [0.5, 0.6) is 0 Å². The SMILES string of the molecule is Cc1cc[c-]c(-c2cc(CC(C)(C)C)[c]([Ge]([CH3])([CH3])[CH3])cn2)c1.Cc1cnc(-c2[c-]ccc3c2oc2nc(C(C)C)ccc23)cc1CC(C)(C)C.[Ir]. The summed E-state index contributed by atoms with van der Waals surface area (Å²) in [4.78, 5) is 14.2. The minimum absolute atomic E-state index is 0. The predicted octanol–water partition coefficient (Wildman–Crippen LogP) is 11.9. The van der Waals surface area contributed by atoms with Gasteiger partial charge in [0.05, 0.1) is 5.58 Å². The molecule has 6 heteroatoms. The Hall–Kier alpha value is -3.12. The first-order valence-electron chi connectivity index (χ1n) is 18.0. The summed E-state index contributed by atoms with van der Waals surface area (Å²) in [5.74, 6) is 7.70. The summed E-state index contributed by atoms with van der Waals surface area (Å²) >= 11 is -1.91. The van der Waals surface area contributed by atoms with Crippen LogP contribution in [0.15, 0.2) is 71.4 Å². The third kappa shape index (κ3) is 10.3. The molecule has 0 saturated heterocycles. The normalized spacial score (nSPS) is 12.2. The van der Waals surface area contributed by atoms with Gasteiger partial charge in [0.1, 0.15) is 0 Å². The van der Waals surface area contributed by atoms with Crippen molar-refractivity contribution in [1.82, 2.24) is 15.0 Å². The van der Waals surface area contributed by atoms with E-state index < -0.39 is 13.3 Å². The van der Waals surface area contributed by atoms with Gasteiger partial charge >= 0.3 is 138 Å². The van der Waals surface area contributed by atoms with Gasteiger partial charge < -0.3 is 9.40 Å². The summed E-state index contributed by atoms with van der Waals surface area (Å²) in [7, 11) is 0. The molecule has 0 aliphatic rings. The molecule has 0 aliphatic heterocycles. The predicted molar refractivity (Wildman–Crippen MR) is 215 cm³/mol. The van der Waals surface area contributed by atoms with Crippen LogP contribution in [-0.2, 0) is 32.9 Å². The second-order valence-corrected chi connectivity index (χ2v) is 28.2. The molecule has 4 aromatic heterocycles. The van der Waals surface area contributed by atoms with Gasteiger partial charge in [0.2, 0.25) is 5.71 Å². The summed E-state index contributed by atoms with van der Waals surface area (Å²) in [5, 5.41) is 2.10. The number of hydrogen-bond acceptors (Lipinski definition) is 4. The van der Waals surface area contributed by atoms with Crippen molar-refractivity contribution >= 4 is 39.7 Å². The summed E-state index contributed by atoms with van der Waals surface area (Å²) in [6.07, 6.45) is 6.21. The smallest absolute Gasteiger partial charge is 0.216 e. The molecule has 0 bridgehead atoms. The van der Waals surface area contributed by atoms with E-state index in [-0.39, 0.29) is 30.9 Å². The number of benzene rings is 2. The van der Waals surface area contributed by atoms with Crippen molar-refractivity contribution in [2.45, 2.75) is 105 Å². The van der Waals surface area contributed by atoms with E-state index in [9.17, 15) is 0 Å². The average molecular weight is 919 g/mol. The van der Waals surface area contributed by atoms with E-state index in [1.54, 1.807) is 0 Å². The Balaban J connectivity index is 0.000000231. The number of fused-ring (bicyclic) bond motifs is 3. The zero-order valence-corrected chi connectivity index (χ0v) is 37.4. The van der Waals surface area contributed by atoms with Crippen molar-refractivity contribution in [1.29, 1.82) is 0 Å². The van der Waals surface area contributed by atoms with Crippen LogP contribution in [-0.4, -0.2) is 28.2 Å². The zero-order valence-electron chi connectivity index (χ0n) is 32.9. The average Bonchev–Trinajstić information content (AvgIpc) is 3.39. The largest absolute Gasteiger partial charge is 0.486 e. The minimum Gasteiger partial charge on any atom is -0.486 e. The Morgan fingerprint density at radius 1 is 0.745 bits per heavy atom. The molecule has 271 valence electrons.